The lowest BCUT2D eigenvalue weighted by Gasteiger charge is -2.15. The smallest absolute Gasteiger partial charge is 0.435 e. The number of benzene rings is 2. The number of carbonyl (C=O) groups excluding carboxylic acids is 2. The van der Waals surface area contributed by atoms with E-state index in [0.29, 0.717) is 34.7 Å². The Hall–Kier alpha value is -4.34. The second-order valence-corrected chi connectivity index (χ2v) is 7.80. The van der Waals surface area contributed by atoms with Crippen molar-refractivity contribution < 1.29 is 36.7 Å². The standard InChI is InChI=1S/C25H17F3N2O5/c1-33-23(31)14-4-8-17(9-5-14)35-24(32)15-2-6-16(7-3-15)30-21-18-12-13-34-20(18)11-10-19(21)22(29-30)25(26,27)28/h2-9,12-13H,10-11H2,1H3. The predicted molar refractivity (Wildman–Crippen MR) is 116 cm³/mol. The van der Waals surface area contributed by atoms with Gasteiger partial charge in [-0.2, -0.15) is 18.3 Å². The normalized spacial score (nSPS) is 12.6. The van der Waals surface area contributed by atoms with Crippen molar-refractivity contribution in [2.24, 2.45) is 0 Å². The molecule has 1 aliphatic carbocycles. The number of esters is 2. The van der Waals surface area contributed by atoms with Gasteiger partial charge >= 0.3 is 18.1 Å². The van der Waals surface area contributed by atoms with Crippen molar-refractivity contribution in [3.63, 3.8) is 0 Å². The summed E-state index contributed by atoms with van der Waals surface area (Å²) in [5.74, 6) is -0.366. The molecule has 0 bridgehead atoms. The number of methoxy groups -OCH3 is 1. The van der Waals surface area contributed by atoms with Crippen molar-refractivity contribution in [1.29, 1.82) is 0 Å². The van der Waals surface area contributed by atoms with E-state index in [1.54, 1.807) is 6.07 Å². The van der Waals surface area contributed by atoms with Crippen LogP contribution in [0.25, 0.3) is 16.9 Å². The van der Waals surface area contributed by atoms with E-state index < -0.39 is 23.8 Å². The maximum atomic E-state index is 13.7. The highest BCUT2D eigenvalue weighted by Crippen LogP contribution is 2.42. The van der Waals surface area contributed by atoms with Gasteiger partial charge in [-0.1, -0.05) is 0 Å². The summed E-state index contributed by atoms with van der Waals surface area (Å²) < 4.78 is 57.7. The summed E-state index contributed by atoms with van der Waals surface area (Å²) in [5, 5.41) is 3.88. The van der Waals surface area contributed by atoms with Crippen molar-refractivity contribution in [3.05, 3.63) is 89.0 Å². The summed E-state index contributed by atoms with van der Waals surface area (Å²) >= 11 is 0. The molecule has 178 valence electrons. The minimum Gasteiger partial charge on any atom is -0.469 e. The van der Waals surface area contributed by atoms with Crippen LogP contribution in [0.15, 0.2) is 65.3 Å². The minimum absolute atomic E-state index is 0.116. The summed E-state index contributed by atoms with van der Waals surface area (Å²) in [5.41, 5.74) is 0.917. The molecule has 0 saturated carbocycles. The van der Waals surface area contributed by atoms with Crippen molar-refractivity contribution in [2.75, 3.05) is 7.11 Å². The molecule has 0 radical (unpaired) electrons. The lowest BCUT2D eigenvalue weighted by atomic mass is 9.94. The topological polar surface area (TPSA) is 83.6 Å². The van der Waals surface area contributed by atoms with Gasteiger partial charge in [0.2, 0.25) is 0 Å². The Morgan fingerprint density at radius 3 is 2.26 bits per heavy atom. The molecule has 0 aliphatic heterocycles. The number of furan rings is 1. The molecule has 7 nitrogen and oxygen atoms in total. The van der Waals surface area contributed by atoms with Gasteiger partial charge in [0.05, 0.1) is 35.9 Å². The van der Waals surface area contributed by atoms with Crippen molar-refractivity contribution in [1.82, 2.24) is 9.78 Å². The maximum absolute atomic E-state index is 13.7. The van der Waals surface area contributed by atoms with E-state index in [-0.39, 0.29) is 23.3 Å². The summed E-state index contributed by atoms with van der Waals surface area (Å²) in [6.45, 7) is 0. The average Bonchev–Trinajstić information content (AvgIpc) is 3.48. The zero-order valence-electron chi connectivity index (χ0n) is 18.3. The Balaban J connectivity index is 1.43. The van der Waals surface area contributed by atoms with Crippen LogP contribution in [0.4, 0.5) is 13.2 Å². The first-order valence-electron chi connectivity index (χ1n) is 10.5. The third-order valence-corrected chi connectivity index (χ3v) is 5.69. The molecule has 0 atom stereocenters. The molecule has 0 unspecified atom stereocenters. The van der Waals surface area contributed by atoms with Crippen molar-refractivity contribution in [3.8, 4) is 22.7 Å². The highest BCUT2D eigenvalue weighted by atomic mass is 19.4. The molecule has 5 rings (SSSR count). The van der Waals surface area contributed by atoms with Crippen molar-refractivity contribution >= 4 is 11.9 Å². The van der Waals surface area contributed by atoms with Crippen LogP contribution in [0.2, 0.25) is 0 Å². The molecule has 0 N–H and O–H groups in total. The molecular formula is C25H17F3N2O5. The van der Waals surface area contributed by atoms with Crippen LogP contribution in [0.3, 0.4) is 0 Å². The number of rotatable bonds is 4. The molecule has 0 fully saturated rings. The van der Waals surface area contributed by atoms with Crippen LogP contribution in [0.1, 0.15) is 37.7 Å². The second-order valence-electron chi connectivity index (χ2n) is 7.80. The van der Waals surface area contributed by atoms with Gasteiger partial charge in [-0.15, -0.1) is 0 Å². The SMILES string of the molecule is COC(=O)c1ccc(OC(=O)c2ccc(-n3nc(C(F)(F)F)c4c3-c3ccoc3CC4)cc2)cc1. The van der Waals surface area contributed by atoms with Crippen LogP contribution in [-0.2, 0) is 23.8 Å². The molecule has 0 amide bonds. The number of halogens is 3. The molecule has 10 heteroatoms. The molecule has 35 heavy (non-hydrogen) atoms. The number of hydrogen-bond donors (Lipinski definition) is 0. The highest BCUT2D eigenvalue weighted by molar-refractivity contribution is 5.92. The van der Waals surface area contributed by atoms with Gasteiger partial charge in [0, 0.05) is 17.5 Å². The second kappa shape index (κ2) is 8.46. The molecule has 0 saturated heterocycles. The Morgan fingerprint density at radius 1 is 0.943 bits per heavy atom. The molecule has 4 aromatic rings. The lowest BCUT2D eigenvalue weighted by molar-refractivity contribution is -0.142. The van der Waals surface area contributed by atoms with E-state index in [0.717, 1.165) is 0 Å². The van der Waals surface area contributed by atoms with E-state index >= 15 is 0 Å². The van der Waals surface area contributed by atoms with Gasteiger partial charge in [0.15, 0.2) is 5.69 Å². The number of fused-ring (bicyclic) bond motifs is 3. The maximum Gasteiger partial charge on any atom is 0.435 e. The first-order chi connectivity index (χ1) is 16.8. The van der Waals surface area contributed by atoms with Crippen LogP contribution >= 0.6 is 0 Å². The quantitative estimate of drug-likeness (QED) is 0.292. The highest BCUT2D eigenvalue weighted by Gasteiger charge is 2.41. The summed E-state index contributed by atoms with van der Waals surface area (Å²) in [4.78, 5) is 24.0. The molecule has 2 aromatic heterocycles. The van der Waals surface area contributed by atoms with Gasteiger partial charge in [-0.05, 0) is 61.0 Å². The molecule has 1 aliphatic rings. The molecular weight excluding hydrogens is 465 g/mol. The van der Waals surface area contributed by atoms with Crippen LogP contribution in [0.5, 0.6) is 5.75 Å². The van der Waals surface area contributed by atoms with Gasteiger partial charge < -0.3 is 13.9 Å². The van der Waals surface area contributed by atoms with E-state index in [1.165, 1.54) is 66.6 Å². The number of aromatic nitrogens is 2. The Labute approximate surface area is 196 Å². The zero-order valence-corrected chi connectivity index (χ0v) is 18.3. The van der Waals surface area contributed by atoms with Gasteiger partial charge in [-0.3, -0.25) is 0 Å². The van der Waals surface area contributed by atoms with E-state index in [1.807, 2.05) is 0 Å². The summed E-state index contributed by atoms with van der Waals surface area (Å²) in [6.07, 6.45) is -2.65. The number of alkyl halides is 3. The Bertz CT molecular complexity index is 1420. The summed E-state index contributed by atoms with van der Waals surface area (Å²) in [6, 6.07) is 13.3. The first-order valence-corrected chi connectivity index (χ1v) is 10.5. The van der Waals surface area contributed by atoms with E-state index in [9.17, 15) is 22.8 Å². The number of aryl methyl sites for hydroxylation is 1. The molecule has 2 aromatic carbocycles. The van der Waals surface area contributed by atoms with E-state index in [4.69, 9.17) is 9.15 Å². The number of ether oxygens (including phenoxy) is 2. The van der Waals surface area contributed by atoms with Gasteiger partial charge in [0.25, 0.3) is 0 Å². The average molecular weight is 482 g/mol. The van der Waals surface area contributed by atoms with E-state index in [2.05, 4.69) is 9.84 Å². The number of hydrogen-bond acceptors (Lipinski definition) is 6. The first kappa shape index (κ1) is 22.5. The lowest BCUT2D eigenvalue weighted by Crippen LogP contribution is -2.11. The number of nitrogens with zero attached hydrogens (tertiary/aromatic N) is 2. The molecule has 0 spiro atoms. The largest absolute Gasteiger partial charge is 0.469 e. The van der Waals surface area contributed by atoms with Crippen molar-refractivity contribution in [2.45, 2.75) is 19.0 Å². The fourth-order valence-electron chi connectivity index (χ4n) is 4.04. The van der Waals surface area contributed by atoms with Crippen LogP contribution in [-0.4, -0.2) is 28.8 Å². The number of carbonyl (C=O) groups is 2. The fraction of sp³-hybridized carbons (Fsp3) is 0.160. The Morgan fingerprint density at radius 2 is 1.60 bits per heavy atom. The minimum atomic E-state index is -4.61. The van der Waals surface area contributed by atoms with Crippen LogP contribution in [0, 0.1) is 0 Å². The monoisotopic (exact) mass is 482 g/mol. The molecule has 2 heterocycles. The third-order valence-electron chi connectivity index (χ3n) is 5.69. The summed E-state index contributed by atoms with van der Waals surface area (Å²) in [7, 11) is 1.26. The third kappa shape index (κ3) is 4.07. The van der Waals surface area contributed by atoms with Gasteiger partial charge in [-0.25, -0.2) is 14.3 Å². The Kier molecular flexibility index (Phi) is 5.43. The zero-order chi connectivity index (χ0) is 24.7. The predicted octanol–water partition coefficient (Wildman–Crippen LogP) is 5.26. The van der Waals surface area contributed by atoms with Gasteiger partial charge in [0.1, 0.15) is 11.5 Å². The fourth-order valence-corrected chi connectivity index (χ4v) is 4.04. The van der Waals surface area contributed by atoms with Crippen LogP contribution < -0.4 is 4.74 Å².